The molecular weight excluding hydrogens is 286 g/mol. The van der Waals surface area contributed by atoms with Gasteiger partial charge in [0.25, 0.3) is 0 Å². The zero-order chi connectivity index (χ0) is 15.9. The second kappa shape index (κ2) is 7.64. The first-order valence-corrected chi connectivity index (χ1v) is 6.97. The van der Waals surface area contributed by atoms with Gasteiger partial charge in [-0.1, -0.05) is 30.4 Å². The molecule has 0 aliphatic heterocycles. The van der Waals surface area contributed by atoms with Crippen molar-refractivity contribution in [2.45, 2.75) is 26.4 Å². The van der Waals surface area contributed by atoms with Crippen LogP contribution in [0.4, 0.5) is 10.5 Å². The molecule has 0 aromatic heterocycles. The van der Waals surface area contributed by atoms with Crippen molar-refractivity contribution in [1.29, 1.82) is 0 Å². The molecular formula is C15H21N3O2S. The molecule has 1 aromatic rings. The highest BCUT2D eigenvalue weighted by Crippen LogP contribution is 2.16. The molecule has 1 rings (SSSR count). The van der Waals surface area contributed by atoms with Crippen LogP contribution in [0, 0.1) is 0 Å². The molecule has 0 saturated heterocycles. The molecule has 1 aromatic carbocycles. The highest BCUT2D eigenvalue weighted by molar-refractivity contribution is 7.80. The van der Waals surface area contributed by atoms with Crippen LogP contribution in [0.2, 0.25) is 0 Å². The Morgan fingerprint density at radius 1 is 1.38 bits per heavy atom. The molecule has 0 heterocycles. The van der Waals surface area contributed by atoms with Crippen LogP contribution in [0.1, 0.15) is 26.3 Å². The van der Waals surface area contributed by atoms with E-state index < -0.39 is 11.7 Å². The number of thiocarbonyl (C=S) groups is 1. The van der Waals surface area contributed by atoms with E-state index in [-0.39, 0.29) is 5.11 Å². The van der Waals surface area contributed by atoms with Gasteiger partial charge < -0.3 is 21.1 Å². The van der Waals surface area contributed by atoms with Gasteiger partial charge in [-0.2, -0.15) is 0 Å². The Bertz CT molecular complexity index is 536. The fraction of sp³-hybridized carbons (Fsp3) is 0.333. The number of hydrogen-bond acceptors (Lipinski definition) is 3. The van der Waals surface area contributed by atoms with Crippen LogP contribution >= 0.6 is 12.2 Å². The summed E-state index contributed by atoms with van der Waals surface area (Å²) in [5.74, 6) is 0. The standard InChI is InChI=1S/C15H21N3O2S/c1-15(2,3)20-14(19)17-10-6-8-11-7-4-5-9-12(11)18-13(16)21/h4-9H,10H2,1-3H3,(H,17,19)(H3,16,18,21). The molecule has 0 spiro atoms. The molecule has 0 aliphatic rings. The lowest BCUT2D eigenvalue weighted by atomic mass is 10.1. The van der Waals surface area contributed by atoms with E-state index in [4.69, 9.17) is 22.7 Å². The summed E-state index contributed by atoms with van der Waals surface area (Å²) in [4.78, 5) is 11.5. The second-order valence-electron chi connectivity index (χ2n) is 5.36. The van der Waals surface area contributed by atoms with Crippen molar-refractivity contribution in [3.05, 3.63) is 35.9 Å². The lowest BCUT2D eigenvalue weighted by Gasteiger charge is -2.19. The predicted octanol–water partition coefficient (Wildman–Crippen LogP) is 2.88. The number of ether oxygens (including phenoxy) is 1. The Hall–Kier alpha value is -2.08. The zero-order valence-electron chi connectivity index (χ0n) is 12.5. The van der Waals surface area contributed by atoms with Crippen LogP contribution in [-0.4, -0.2) is 23.4 Å². The highest BCUT2D eigenvalue weighted by Gasteiger charge is 2.14. The molecule has 0 aliphatic carbocycles. The van der Waals surface area contributed by atoms with Gasteiger partial charge in [0.05, 0.1) is 0 Å². The van der Waals surface area contributed by atoms with Crippen LogP contribution in [-0.2, 0) is 4.74 Å². The van der Waals surface area contributed by atoms with E-state index in [1.807, 2.05) is 57.2 Å². The molecule has 0 fully saturated rings. The third kappa shape index (κ3) is 7.31. The molecule has 1 amide bonds. The number of alkyl carbamates (subject to hydrolysis) is 1. The van der Waals surface area contributed by atoms with Gasteiger partial charge in [-0.3, -0.25) is 0 Å². The van der Waals surface area contributed by atoms with Crippen molar-refractivity contribution < 1.29 is 9.53 Å². The van der Waals surface area contributed by atoms with Gasteiger partial charge in [-0.05, 0) is 44.6 Å². The third-order valence-corrected chi connectivity index (χ3v) is 2.38. The van der Waals surface area contributed by atoms with Crippen molar-refractivity contribution in [2.24, 2.45) is 5.73 Å². The van der Waals surface area contributed by atoms with Gasteiger partial charge in [0.15, 0.2) is 5.11 Å². The predicted molar refractivity (Wildman–Crippen MR) is 90.1 cm³/mol. The van der Waals surface area contributed by atoms with E-state index >= 15 is 0 Å². The summed E-state index contributed by atoms with van der Waals surface area (Å²) in [5.41, 5.74) is 6.72. The van der Waals surface area contributed by atoms with Crippen LogP contribution in [0.5, 0.6) is 0 Å². The molecule has 4 N–H and O–H groups in total. The maximum absolute atomic E-state index is 11.5. The summed E-state index contributed by atoms with van der Waals surface area (Å²) < 4.78 is 5.14. The van der Waals surface area contributed by atoms with Crippen LogP contribution in [0.3, 0.4) is 0 Å². The summed E-state index contributed by atoms with van der Waals surface area (Å²) in [5, 5.41) is 5.76. The number of carbonyl (C=O) groups excluding carboxylic acids is 1. The minimum atomic E-state index is -0.499. The Morgan fingerprint density at radius 3 is 2.67 bits per heavy atom. The van der Waals surface area contributed by atoms with Crippen molar-refractivity contribution >= 4 is 35.2 Å². The van der Waals surface area contributed by atoms with E-state index in [2.05, 4.69) is 10.6 Å². The number of amides is 1. The number of hydrogen-bond donors (Lipinski definition) is 3. The van der Waals surface area contributed by atoms with E-state index in [9.17, 15) is 4.79 Å². The largest absolute Gasteiger partial charge is 0.444 e. The van der Waals surface area contributed by atoms with Gasteiger partial charge in [-0.25, -0.2) is 4.79 Å². The average molecular weight is 307 g/mol. The van der Waals surface area contributed by atoms with Gasteiger partial charge in [0, 0.05) is 12.2 Å². The molecule has 0 atom stereocenters. The van der Waals surface area contributed by atoms with E-state index in [0.29, 0.717) is 6.54 Å². The van der Waals surface area contributed by atoms with Gasteiger partial charge in [0.2, 0.25) is 0 Å². The Labute approximate surface area is 130 Å². The van der Waals surface area contributed by atoms with E-state index in [1.54, 1.807) is 0 Å². The summed E-state index contributed by atoms with van der Waals surface area (Å²) in [6.07, 6.45) is 3.25. The number of para-hydroxylation sites is 1. The van der Waals surface area contributed by atoms with Crippen molar-refractivity contribution in [1.82, 2.24) is 5.32 Å². The molecule has 5 nitrogen and oxygen atoms in total. The minimum absolute atomic E-state index is 0.211. The molecule has 0 saturated carbocycles. The number of carbonyl (C=O) groups is 1. The number of rotatable bonds is 4. The topological polar surface area (TPSA) is 76.4 Å². The summed E-state index contributed by atoms with van der Waals surface area (Å²) in [6.45, 7) is 5.83. The van der Waals surface area contributed by atoms with E-state index in [1.165, 1.54) is 0 Å². The van der Waals surface area contributed by atoms with Crippen LogP contribution in [0.15, 0.2) is 30.3 Å². The number of benzene rings is 1. The first-order chi connectivity index (χ1) is 9.78. The molecule has 114 valence electrons. The van der Waals surface area contributed by atoms with Crippen LogP contribution < -0.4 is 16.4 Å². The van der Waals surface area contributed by atoms with Gasteiger partial charge >= 0.3 is 6.09 Å². The first kappa shape index (κ1) is 17.0. The first-order valence-electron chi connectivity index (χ1n) is 6.57. The van der Waals surface area contributed by atoms with E-state index in [0.717, 1.165) is 11.3 Å². The molecule has 0 radical (unpaired) electrons. The maximum atomic E-state index is 11.5. The highest BCUT2D eigenvalue weighted by atomic mass is 32.1. The lowest BCUT2D eigenvalue weighted by molar-refractivity contribution is 0.0534. The summed E-state index contributed by atoms with van der Waals surface area (Å²) >= 11 is 4.83. The molecule has 6 heteroatoms. The summed E-state index contributed by atoms with van der Waals surface area (Å²) in [7, 11) is 0. The molecule has 0 bridgehead atoms. The maximum Gasteiger partial charge on any atom is 0.407 e. The SMILES string of the molecule is CC(C)(C)OC(=O)NCC=Cc1ccccc1NC(N)=S. The molecule has 21 heavy (non-hydrogen) atoms. The van der Waals surface area contributed by atoms with Crippen molar-refractivity contribution in [2.75, 3.05) is 11.9 Å². The Morgan fingerprint density at radius 2 is 2.05 bits per heavy atom. The smallest absolute Gasteiger partial charge is 0.407 e. The average Bonchev–Trinajstić information content (AvgIpc) is 2.33. The second-order valence-corrected chi connectivity index (χ2v) is 5.80. The molecule has 0 unspecified atom stereocenters. The lowest BCUT2D eigenvalue weighted by Crippen LogP contribution is -2.32. The Kier molecular flexibility index (Phi) is 6.17. The van der Waals surface area contributed by atoms with Crippen LogP contribution in [0.25, 0.3) is 6.08 Å². The number of nitrogens with two attached hydrogens (primary N) is 1. The quantitative estimate of drug-likeness (QED) is 0.746. The van der Waals surface area contributed by atoms with Gasteiger partial charge in [-0.15, -0.1) is 0 Å². The third-order valence-electron chi connectivity index (χ3n) is 2.28. The Balaban J connectivity index is 2.54. The summed E-state index contributed by atoms with van der Waals surface area (Å²) in [6, 6.07) is 7.59. The van der Waals surface area contributed by atoms with Crippen molar-refractivity contribution in [3.63, 3.8) is 0 Å². The number of nitrogens with one attached hydrogen (secondary N) is 2. The zero-order valence-corrected chi connectivity index (χ0v) is 13.3. The fourth-order valence-corrected chi connectivity index (χ4v) is 1.64. The fourth-order valence-electron chi connectivity index (χ4n) is 1.53. The monoisotopic (exact) mass is 307 g/mol. The van der Waals surface area contributed by atoms with Crippen molar-refractivity contribution in [3.8, 4) is 0 Å². The minimum Gasteiger partial charge on any atom is -0.444 e. The number of anilines is 1. The van der Waals surface area contributed by atoms with Gasteiger partial charge in [0.1, 0.15) is 5.60 Å². The normalized spacial score (nSPS) is 11.2.